The van der Waals surface area contributed by atoms with Gasteiger partial charge in [-0.25, -0.2) is 5.48 Å². The van der Waals surface area contributed by atoms with Gasteiger partial charge in [0, 0.05) is 12.8 Å². The second-order valence-corrected chi connectivity index (χ2v) is 4.51. The maximum atomic E-state index is 11.8. The molecule has 0 aliphatic rings. The van der Waals surface area contributed by atoms with Crippen LogP contribution in [-0.2, 0) is 20.8 Å². The van der Waals surface area contributed by atoms with Gasteiger partial charge in [0.2, 0.25) is 5.91 Å². The molecule has 1 atom stereocenters. The maximum absolute atomic E-state index is 11.8. The Kier molecular flexibility index (Phi) is 6.90. The summed E-state index contributed by atoms with van der Waals surface area (Å²) in [5.74, 6) is -2.29. The zero-order valence-corrected chi connectivity index (χ0v) is 11.4. The number of aryl methyl sites for hydroxylation is 1. The van der Waals surface area contributed by atoms with Crippen molar-refractivity contribution in [1.29, 1.82) is 0 Å². The van der Waals surface area contributed by atoms with Crippen LogP contribution in [0, 0.1) is 0 Å². The molecule has 0 fully saturated rings. The number of carbonyl (C=O) groups is 3. The van der Waals surface area contributed by atoms with Crippen LogP contribution >= 0.6 is 0 Å². The van der Waals surface area contributed by atoms with Crippen molar-refractivity contribution in [3.8, 4) is 0 Å². The van der Waals surface area contributed by atoms with Gasteiger partial charge in [0.1, 0.15) is 6.04 Å². The first-order valence-corrected chi connectivity index (χ1v) is 6.52. The number of rotatable bonds is 8. The lowest BCUT2D eigenvalue weighted by molar-refractivity contribution is -0.139. The molecule has 2 amide bonds. The van der Waals surface area contributed by atoms with Crippen molar-refractivity contribution >= 4 is 17.8 Å². The van der Waals surface area contributed by atoms with Crippen LogP contribution in [0.2, 0.25) is 0 Å². The smallest absolute Gasteiger partial charge is 0.303 e. The minimum Gasteiger partial charge on any atom is -0.481 e. The first-order valence-electron chi connectivity index (χ1n) is 6.52. The van der Waals surface area contributed by atoms with Gasteiger partial charge in [-0.05, 0) is 18.4 Å². The van der Waals surface area contributed by atoms with E-state index in [0.29, 0.717) is 6.42 Å². The van der Waals surface area contributed by atoms with E-state index in [0.717, 1.165) is 5.56 Å². The van der Waals surface area contributed by atoms with Gasteiger partial charge in [0.25, 0.3) is 5.91 Å². The molecule has 0 unspecified atom stereocenters. The Labute approximate surface area is 121 Å². The molecule has 7 nitrogen and oxygen atoms in total. The molecule has 0 radical (unpaired) electrons. The summed E-state index contributed by atoms with van der Waals surface area (Å²) in [4.78, 5) is 33.6. The normalized spacial score (nSPS) is 11.5. The topological polar surface area (TPSA) is 116 Å². The van der Waals surface area contributed by atoms with E-state index in [1.165, 1.54) is 5.48 Å². The summed E-state index contributed by atoms with van der Waals surface area (Å²) < 4.78 is 0. The average Bonchev–Trinajstić information content (AvgIpc) is 2.49. The van der Waals surface area contributed by atoms with Crippen molar-refractivity contribution in [2.75, 3.05) is 0 Å². The van der Waals surface area contributed by atoms with Crippen LogP contribution in [0.25, 0.3) is 0 Å². The average molecular weight is 294 g/mol. The van der Waals surface area contributed by atoms with Crippen molar-refractivity contribution in [2.45, 2.75) is 31.7 Å². The van der Waals surface area contributed by atoms with E-state index >= 15 is 0 Å². The fourth-order valence-corrected chi connectivity index (χ4v) is 1.78. The highest BCUT2D eigenvalue weighted by Crippen LogP contribution is 2.04. The molecule has 0 aliphatic carbocycles. The Balaban J connectivity index is 2.47. The van der Waals surface area contributed by atoms with Crippen molar-refractivity contribution in [1.82, 2.24) is 10.8 Å². The summed E-state index contributed by atoms with van der Waals surface area (Å²) in [5, 5.41) is 19.6. The highest BCUT2D eigenvalue weighted by molar-refractivity contribution is 5.87. The Hall–Kier alpha value is -2.41. The Morgan fingerprint density at radius 3 is 2.33 bits per heavy atom. The number of amides is 2. The van der Waals surface area contributed by atoms with Crippen LogP contribution in [0.15, 0.2) is 30.3 Å². The van der Waals surface area contributed by atoms with E-state index in [9.17, 15) is 14.4 Å². The molecule has 1 aromatic rings. The van der Waals surface area contributed by atoms with Crippen LogP contribution in [-0.4, -0.2) is 34.1 Å². The summed E-state index contributed by atoms with van der Waals surface area (Å²) in [5.41, 5.74) is 2.41. The number of carbonyl (C=O) groups excluding carboxylic acids is 2. The number of hydroxylamine groups is 1. The molecule has 0 bridgehead atoms. The third-order valence-corrected chi connectivity index (χ3v) is 2.89. The number of aliphatic carboxylic acids is 1. The number of carboxylic acid groups (broad SMARTS) is 1. The van der Waals surface area contributed by atoms with Crippen molar-refractivity contribution in [2.24, 2.45) is 0 Å². The summed E-state index contributed by atoms with van der Waals surface area (Å²) in [7, 11) is 0. The van der Waals surface area contributed by atoms with Crippen molar-refractivity contribution < 1.29 is 24.7 Å². The van der Waals surface area contributed by atoms with E-state index in [1.54, 1.807) is 0 Å². The van der Waals surface area contributed by atoms with Crippen molar-refractivity contribution in [3.63, 3.8) is 0 Å². The predicted molar refractivity (Wildman–Crippen MR) is 73.5 cm³/mol. The molecular formula is C14H18N2O5. The fourth-order valence-electron chi connectivity index (χ4n) is 1.78. The lowest BCUT2D eigenvalue weighted by Crippen LogP contribution is -2.46. The first kappa shape index (κ1) is 16.6. The van der Waals surface area contributed by atoms with Gasteiger partial charge < -0.3 is 10.4 Å². The molecule has 4 N–H and O–H groups in total. The van der Waals surface area contributed by atoms with E-state index in [1.807, 2.05) is 30.3 Å². The van der Waals surface area contributed by atoms with Gasteiger partial charge in [0.15, 0.2) is 0 Å². The molecular weight excluding hydrogens is 276 g/mol. The number of hydrogen-bond acceptors (Lipinski definition) is 4. The zero-order chi connectivity index (χ0) is 15.7. The lowest BCUT2D eigenvalue weighted by atomic mass is 10.1. The SMILES string of the molecule is O=C(O)CC[C@@H](NC(=O)CCc1ccccc1)C(=O)NO. The molecule has 0 aliphatic heterocycles. The third-order valence-electron chi connectivity index (χ3n) is 2.89. The molecule has 114 valence electrons. The molecule has 0 aromatic heterocycles. The van der Waals surface area contributed by atoms with Crippen molar-refractivity contribution in [3.05, 3.63) is 35.9 Å². The monoisotopic (exact) mass is 294 g/mol. The number of benzene rings is 1. The van der Waals surface area contributed by atoms with Crippen LogP contribution in [0.5, 0.6) is 0 Å². The van der Waals surface area contributed by atoms with E-state index < -0.39 is 17.9 Å². The molecule has 0 heterocycles. The van der Waals surface area contributed by atoms with Gasteiger partial charge >= 0.3 is 5.97 Å². The lowest BCUT2D eigenvalue weighted by Gasteiger charge is -2.15. The Morgan fingerprint density at radius 1 is 1.10 bits per heavy atom. The van der Waals surface area contributed by atoms with Gasteiger partial charge in [-0.15, -0.1) is 0 Å². The minimum atomic E-state index is -1.08. The molecule has 1 aromatic carbocycles. The largest absolute Gasteiger partial charge is 0.481 e. The Bertz CT molecular complexity index is 489. The molecule has 0 saturated carbocycles. The fraction of sp³-hybridized carbons (Fsp3) is 0.357. The van der Waals surface area contributed by atoms with Gasteiger partial charge in [-0.1, -0.05) is 30.3 Å². The van der Waals surface area contributed by atoms with E-state index in [2.05, 4.69) is 5.32 Å². The molecule has 0 saturated heterocycles. The number of carboxylic acids is 1. The second-order valence-electron chi connectivity index (χ2n) is 4.51. The van der Waals surface area contributed by atoms with E-state index in [-0.39, 0.29) is 25.2 Å². The summed E-state index contributed by atoms with van der Waals surface area (Å²) >= 11 is 0. The second kappa shape index (κ2) is 8.70. The highest BCUT2D eigenvalue weighted by atomic mass is 16.5. The molecule has 21 heavy (non-hydrogen) atoms. The van der Waals surface area contributed by atoms with Gasteiger partial charge in [-0.2, -0.15) is 0 Å². The van der Waals surface area contributed by atoms with E-state index in [4.69, 9.17) is 10.3 Å². The van der Waals surface area contributed by atoms with Crippen LogP contribution in [0.3, 0.4) is 0 Å². The number of hydrogen-bond donors (Lipinski definition) is 4. The first-order chi connectivity index (χ1) is 10.0. The van der Waals surface area contributed by atoms with Gasteiger partial charge in [-0.3, -0.25) is 19.6 Å². The molecule has 7 heteroatoms. The predicted octanol–water partition coefficient (Wildman–Crippen LogP) is 0.474. The molecule has 0 spiro atoms. The minimum absolute atomic E-state index is 0.0845. The highest BCUT2D eigenvalue weighted by Gasteiger charge is 2.21. The summed E-state index contributed by atoms with van der Waals surface area (Å²) in [6.07, 6.45) is 0.321. The van der Waals surface area contributed by atoms with Gasteiger partial charge in [0.05, 0.1) is 0 Å². The number of nitrogens with one attached hydrogen (secondary N) is 2. The maximum Gasteiger partial charge on any atom is 0.303 e. The summed E-state index contributed by atoms with van der Waals surface area (Å²) in [6, 6.07) is 8.31. The quantitative estimate of drug-likeness (QED) is 0.411. The third kappa shape index (κ3) is 6.53. The van der Waals surface area contributed by atoms with Crippen LogP contribution < -0.4 is 10.8 Å². The van der Waals surface area contributed by atoms with Crippen LogP contribution in [0.1, 0.15) is 24.8 Å². The standard InChI is InChI=1S/C14H18N2O5/c17-12(8-6-10-4-2-1-3-5-10)15-11(14(20)16-21)7-9-13(18)19/h1-5,11,21H,6-9H2,(H,15,17)(H,16,20)(H,18,19)/t11-/m1/s1. The van der Waals surface area contributed by atoms with Crippen LogP contribution in [0.4, 0.5) is 0 Å². The zero-order valence-electron chi connectivity index (χ0n) is 11.4. The molecule has 1 rings (SSSR count). The Morgan fingerprint density at radius 2 is 1.76 bits per heavy atom. The summed E-state index contributed by atoms with van der Waals surface area (Å²) in [6.45, 7) is 0.